The van der Waals surface area contributed by atoms with E-state index in [1.54, 1.807) is 4.90 Å². The minimum absolute atomic E-state index is 0.320. The van der Waals surface area contributed by atoms with E-state index < -0.39 is 49.4 Å². The lowest BCUT2D eigenvalue weighted by molar-refractivity contribution is 0.240. The number of rotatable bonds is 3. The van der Waals surface area contributed by atoms with Crippen LogP contribution in [-0.4, -0.2) is 31.1 Å². The lowest BCUT2D eigenvalue weighted by atomic mass is 9.99. The third kappa shape index (κ3) is 4.36. The van der Waals surface area contributed by atoms with Crippen LogP contribution in [0.4, 0.5) is 22.0 Å². The van der Waals surface area contributed by atoms with Gasteiger partial charge in [-0.15, -0.1) is 0 Å². The van der Waals surface area contributed by atoms with Gasteiger partial charge in [-0.25, -0.2) is 26.6 Å². The summed E-state index contributed by atoms with van der Waals surface area (Å²) >= 11 is 0. The highest BCUT2D eigenvalue weighted by Gasteiger charge is 2.29. The van der Waals surface area contributed by atoms with Crippen molar-refractivity contribution in [3.63, 3.8) is 0 Å². The van der Waals surface area contributed by atoms with E-state index in [0.717, 1.165) is 32.3 Å². The number of halogens is 5. The Bertz CT molecular complexity index is 1890. The molecule has 1 aliphatic heterocycles. The van der Waals surface area contributed by atoms with Crippen LogP contribution in [0.3, 0.4) is 0 Å². The van der Waals surface area contributed by atoms with Gasteiger partial charge in [-0.3, -0.25) is 4.90 Å². The van der Waals surface area contributed by atoms with Crippen LogP contribution >= 0.6 is 8.16 Å². The molecular formula is C31H22F5N2O2P. The predicted molar refractivity (Wildman–Crippen MR) is 151 cm³/mol. The average molecular weight is 580 g/mol. The Morgan fingerprint density at radius 1 is 0.561 bits per heavy atom. The number of benzene rings is 5. The lowest BCUT2D eigenvalue weighted by Gasteiger charge is -2.32. The molecule has 1 aliphatic rings. The molecule has 10 heteroatoms. The highest BCUT2D eigenvalue weighted by molar-refractivity contribution is 7.39. The van der Waals surface area contributed by atoms with E-state index in [1.807, 2.05) is 53.2 Å². The Labute approximate surface area is 231 Å². The summed E-state index contributed by atoms with van der Waals surface area (Å²) in [5.41, 5.74) is 0.548. The highest BCUT2D eigenvalue weighted by atomic mass is 31.1. The van der Waals surface area contributed by atoms with Crippen molar-refractivity contribution in [2.24, 2.45) is 0 Å². The zero-order valence-corrected chi connectivity index (χ0v) is 22.4. The van der Waals surface area contributed by atoms with Crippen molar-refractivity contribution in [1.29, 1.82) is 0 Å². The predicted octanol–water partition coefficient (Wildman–Crippen LogP) is 8.75. The first kappa shape index (κ1) is 26.0. The second kappa shape index (κ2) is 10.2. The maximum Gasteiger partial charge on any atom is 0.309 e. The summed E-state index contributed by atoms with van der Waals surface area (Å²) in [5, 5.41) is 6.12. The SMILES string of the molecule is Fc1c(F)c(F)c(CN2CCN(p3oc4ccc5ccccc5c4c4c(ccc5ccccc54)o3)CC2)c(F)c1F. The van der Waals surface area contributed by atoms with Gasteiger partial charge in [0.05, 0.1) is 0 Å². The highest BCUT2D eigenvalue weighted by Crippen LogP contribution is 2.42. The summed E-state index contributed by atoms with van der Waals surface area (Å²) in [6, 6.07) is 24.1. The molecule has 0 amide bonds. The van der Waals surface area contributed by atoms with Gasteiger partial charge in [-0.05, 0) is 33.7 Å². The molecular weight excluding hydrogens is 558 g/mol. The quantitative estimate of drug-likeness (QED) is 0.119. The number of piperazine rings is 1. The molecule has 0 radical (unpaired) electrons. The first-order valence-electron chi connectivity index (χ1n) is 13.1. The third-order valence-electron chi connectivity index (χ3n) is 7.65. The molecule has 1 saturated heterocycles. The maximum absolute atomic E-state index is 14.3. The Balaban J connectivity index is 1.29. The second-order valence-electron chi connectivity index (χ2n) is 10.0. The van der Waals surface area contributed by atoms with Gasteiger partial charge in [-0.1, -0.05) is 60.7 Å². The van der Waals surface area contributed by atoms with Crippen LogP contribution in [-0.2, 0) is 6.54 Å². The number of nitrogens with zero attached hydrogens (tertiary/aromatic N) is 2. The van der Waals surface area contributed by atoms with Gasteiger partial charge in [0.1, 0.15) is 11.2 Å². The van der Waals surface area contributed by atoms with E-state index in [1.165, 1.54) is 0 Å². The normalized spacial score (nSPS) is 15.0. The second-order valence-corrected chi connectivity index (χ2v) is 11.4. The largest absolute Gasteiger partial charge is 0.408 e. The molecule has 0 atom stereocenters. The van der Waals surface area contributed by atoms with Crippen LogP contribution in [0.25, 0.3) is 43.5 Å². The van der Waals surface area contributed by atoms with Gasteiger partial charge in [0.2, 0.25) is 5.82 Å². The summed E-state index contributed by atoms with van der Waals surface area (Å²) in [6.07, 6.45) is 0. The Hall–Kier alpha value is -3.91. The number of hydrogen-bond acceptors (Lipinski definition) is 4. The van der Waals surface area contributed by atoms with E-state index >= 15 is 0 Å². The van der Waals surface area contributed by atoms with E-state index in [4.69, 9.17) is 8.39 Å². The van der Waals surface area contributed by atoms with Crippen molar-refractivity contribution in [2.45, 2.75) is 6.54 Å². The van der Waals surface area contributed by atoms with Gasteiger partial charge in [0.25, 0.3) is 0 Å². The number of fused-ring (bicyclic) bond motifs is 7. The molecule has 2 heterocycles. The minimum atomic E-state index is -2.15. The summed E-state index contributed by atoms with van der Waals surface area (Å²) in [4.78, 5) is 1.66. The van der Waals surface area contributed by atoms with E-state index in [2.05, 4.69) is 24.3 Å². The van der Waals surface area contributed by atoms with Crippen molar-refractivity contribution in [1.82, 2.24) is 4.90 Å². The zero-order chi connectivity index (χ0) is 28.2. The van der Waals surface area contributed by atoms with Gasteiger partial charge in [0, 0.05) is 49.1 Å². The fraction of sp³-hybridized carbons (Fsp3) is 0.161. The summed E-state index contributed by atoms with van der Waals surface area (Å²) in [5.74, 6) is -9.61. The van der Waals surface area contributed by atoms with Crippen LogP contribution < -0.4 is 4.67 Å². The molecule has 7 rings (SSSR count). The molecule has 5 aromatic carbocycles. The molecule has 0 unspecified atom stereocenters. The summed E-state index contributed by atoms with van der Waals surface area (Å²) < 4.78 is 84.6. The molecule has 1 fully saturated rings. The topological polar surface area (TPSA) is 32.8 Å². The van der Waals surface area contributed by atoms with Gasteiger partial charge in [-0.2, -0.15) is 0 Å². The minimum Gasteiger partial charge on any atom is -0.408 e. The molecule has 41 heavy (non-hydrogen) atoms. The van der Waals surface area contributed by atoms with Gasteiger partial charge >= 0.3 is 8.16 Å². The van der Waals surface area contributed by atoms with Crippen LogP contribution in [0.2, 0.25) is 0 Å². The molecule has 4 nitrogen and oxygen atoms in total. The molecule has 0 spiro atoms. The monoisotopic (exact) mass is 580 g/mol. The van der Waals surface area contributed by atoms with Gasteiger partial charge < -0.3 is 8.39 Å². The summed E-state index contributed by atoms with van der Waals surface area (Å²) in [7, 11) is -1.62. The third-order valence-corrected chi connectivity index (χ3v) is 9.21. The van der Waals surface area contributed by atoms with Crippen molar-refractivity contribution >= 4 is 51.6 Å². The average Bonchev–Trinajstić information content (AvgIpc) is 3.19. The fourth-order valence-corrected chi connectivity index (χ4v) is 6.96. The molecule has 0 aliphatic carbocycles. The van der Waals surface area contributed by atoms with Gasteiger partial charge in [0.15, 0.2) is 23.3 Å². The first-order chi connectivity index (χ1) is 19.9. The van der Waals surface area contributed by atoms with Crippen LogP contribution in [0.15, 0.2) is 81.2 Å². The molecule has 1 aromatic heterocycles. The van der Waals surface area contributed by atoms with Crippen LogP contribution in [0.1, 0.15) is 5.56 Å². The lowest BCUT2D eigenvalue weighted by Crippen LogP contribution is -2.45. The standard InChI is InChI=1S/C31H22F5N2O2P/c32-27-22(28(33)30(35)31(36)29(27)34)17-37-13-15-38(16-14-37)41-39-23-11-9-18-5-1-3-7-20(18)25(23)26-21-8-4-2-6-19(21)10-12-24(26)40-41/h1-12H,13-17H2. The Kier molecular flexibility index (Phi) is 6.46. The Morgan fingerprint density at radius 2 is 1.02 bits per heavy atom. The van der Waals surface area contributed by atoms with Crippen molar-refractivity contribution < 1.29 is 30.3 Å². The zero-order valence-electron chi connectivity index (χ0n) is 21.5. The Morgan fingerprint density at radius 3 is 1.54 bits per heavy atom. The fourth-order valence-electron chi connectivity index (χ4n) is 5.54. The molecule has 6 aromatic rings. The molecule has 0 saturated carbocycles. The maximum atomic E-state index is 14.3. The summed E-state index contributed by atoms with van der Waals surface area (Å²) in [6.45, 7) is 1.06. The van der Waals surface area contributed by atoms with E-state index in [9.17, 15) is 22.0 Å². The number of hydrogen-bond donors (Lipinski definition) is 0. The molecule has 0 N–H and O–H groups in total. The molecule has 208 valence electrons. The molecule has 0 bridgehead atoms. The first-order valence-corrected chi connectivity index (χ1v) is 14.2. The van der Waals surface area contributed by atoms with Crippen molar-refractivity contribution in [2.75, 3.05) is 30.8 Å². The smallest absolute Gasteiger partial charge is 0.309 e. The van der Waals surface area contributed by atoms with Crippen molar-refractivity contribution in [3.05, 3.63) is 107 Å². The van der Waals surface area contributed by atoms with Crippen molar-refractivity contribution in [3.8, 4) is 0 Å². The van der Waals surface area contributed by atoms with E-state index in [-0.39, 0.29) is 0 Å². The van der Waals surface area contributed by atoms with E-state index in [0.29, 0.717) is 37.3 Å². The van der Waals surface area contributed by atoms with Crippen LogP contribution in [0, 0.1) is 29.1 Å². The van der Waals surface area contributed by atoms with Crippen LogP contribution in [0.5, 0.6) is 0 Å².